The van der Waals surface area contributed by atoms with Crippen LogP contribution in [0, 0.1) is 5.92 Å². The molecule has 0 amide bonds. The third kappa shape index (κ3) is 5.04. The summed E-state index contributed by atoms with van der Waals surface area (Å²) in [5.74, 6) is 3.41. The van der Waals surface area contributed by atoms with E-state index >= 15 is 0 Å². The first-order chi connectivity index (χ1) is 12.7. The van der Waals surface area contributed by atoms with Crippen molar-refractivity contribution in [3.63, 3.8) is 0 Å². The highest BCUT2D eigenvalue weighted by Gasteiger charge is 2.20. The van der Waals surface area contributed by atoms with Crippen molar-refractivity contribution in [2.24, 2.45) is 10.9 Å². The Kier molecular flexibility index (Phi) is 6.61. The van der Waals surface area contributed by atoms with Crippen LogP contribution in [0.4, 0.5) is 0 Å². The van der Waals surface area contributed by atoms with Gasteiger partial charge in [0.1, 0.15) is 0 Å². The van der Waals surface area contributed by atoms with E-state index < -0.39 is 0 Å². The fraction of sp³-hybridized carbons (Fsp3) is 0.650. The summed E-state index contributed by atoms with van der Waals surface area (Å²) in [6.45, 7) is 9.13. The van der Waals surface area contributed by atoms with Gasteiger partial charge in [0.25, 0.3) is 0 Å². The SMILES string of the molecule is CN=C(NCCc1ccc2c(c1)OCO2)NCC(C)N1CCC(C)CC1. The fourth-order valence-electron chi connectivity index (χ4n) is 3.49. The average Bonchev–Trinajstić information content (AvgIpc) is 3.12. The third-order valence-electron chi connectivity index (χ3n) is 5.37. The number of nitrogens with zero attached hydrogens (tertiary/aromatic N) is 2. The van der Waals surface area contributed by atoms with Crippen molar-refractivity contribution in [1.82, 2.24) is 15.5 Å². The van der Waals surface area contributed by atoms with Crippen LogP contribution in [-0.2, 0) is 6.42 Å². The molecule has 0 radical (unpaired) electrons. The minimum atomic E-state index is 0.321. The van der Waals surface area contributed by atoms with Gasteiger partial charge in [0, 0.05) is 26.2 Å². The minimum absolute atomic E-state index is 0.321. The smallest absolute Gasteiger partial charge is 0.231 e. The second kappa shape index (κ2) is 9.12. The van der Waals surface area contributed by atoms with Gasteiger partial charge in [-0.1, -0.05) is 13.0 Å². The Labute approximate surface area is 157 Å². The normalized spacial score (nSPS) is 19.4. The predicted molar refractivity (Wildman–Crippen MR) is 105 cm³/mol. The predicted octanol–water partition coefficient (Wildman–Crippen LogP) is 2.24. The minimum Gasteiger partial charge on any atom is -0.454 e. The first-order valence-electron chi connectivity index (χ1n) is 9.73. The molecule has 2 N–H and O–H groups in total. The van der Waals surface area contributed by atoms with Crippen LogP contribution in [0.1, 0.15) is 32.3 Å². The van der Waals surface area contributed by atoms with E-state index in [9.17, 15) is 0 Å². The summed E-state index contributed by atoms with van der Waals surface area (Å²) in [4.78, 5) is 6.91. The van der Waals surface area contributed by atoms with E-state index in [1.807, 2.05) is 13.1 Å². The zero-order chi connectivity index (χ0) is 18.4. The monoisotopic (exact) mass is 360 g/mol. The van der Waals surface area contributed by atoms with Gasteiger partial charge in [-0.05, 0) is 62.9 Å². The Morgan fingerprint density at radius 3 is 2.77 bits per heavy atom. The second-order valence-electron chi connectivity index (χ2n) is 7.39. The Balaban J connectivity index is 1.38. The standard InChI is InChI=1S/C20H32N4O2/c1-15-7-10-24(11-8-15)16(2)13-23-20(21-3)22-9-6-17-4-5-18-19(12-17)26-14-25-18/h4-5,12,15-16H,6-11,13-14H2,1-3H3,(H2,21,22,23). The molecule has 0 bridgehead atoms. The number of piperidine rings is 1. The Bertz CT molecular complexity index is 612. The molecular formula is C20H32N4O2. The lowest BCUT2D eigenvalue weighted by molar-refractivity contribution is 0.147. The zero-order valence-electron chi connectivity index (χ0n) is 16.3. The van der Waals surface area contributed by atoms with Crippen molar-refractivity contribution < 1.29 is 9.47 Å². The number of aliphatic imine (C=N–C) groups is 1. The Hall–Kier alpha value is -1.95. The molecular weight excluding hydrogens is 328 g/mol. The molecule has 1 saturated heterocycles. The molecule has 1 fully saturated rings. The molecule has 2 aliphatic rings. The van der Waals surface area contributed by atoms with Crippen LogP contribution < -0.4 is 20.1 Å². The van der Waals surface area contributed by atoms with Gasteiger partial charge in [-0.15, -0.1) is 0 Å². The van der Waals surface area contributed by atoms with Crippen molar-refractivity contribution >= 4 is 5.96 Å². The number of rotatable bonds is 6. The molecule has 144 valence electrons. The van der Waals surface area contributed by atoms with Crippen LogP contribution in [0.2, 0.25) is 0 Å². The molecule has 3 rings (SSSR count). The van der Waals surface area contributed by atoms with Crippen LogP contribution in [0.5, 0.6) is 11.5 Å². The molecule has 6 heteroatoms. The number of hydrogen-bond acceptors (Lipinski definition) is 4. The number of fused-ring (bicyclic) bond motifs is 1. The molecule has 6 nitrogen and oxygen atoms in total. The fourth-order valence-corrected chi connectivity index (χ4v) is 3.49. The van der Waals surface area contributed by atoms with E-state index in [1.54, 1.807) is 0 Å². The van der Waals surface area contributed by atoms with E-state index in [0.717, 1.165) is 42.9 Å². The van der Waals surface area contributed by atoms with Crippen molar-refractivity contribution in [3.8, 4) is 11.5 Å². The molecule has 2 aliphatic heterocycles. The van der Waals surface area contributed by atoms with Gasteiger partial charge in [0.05, 0.1) is 0 Å². The third-order valence-corrected chi connectivity index (χ3v) is 5.37. The number of benzene rings is 1. The maximum atomic E-state index is 5.43. The molecule has 1 aromatic carbocycles. The quantitative estimate of drug-likeness (QED) is 0.602. The van der Waals surface area contributed by atoms with Gasteiger partial charge in [-0.2, -0.15) is 0 Å². The number of ether oxygens (including phenoxy) is 2. The summed E-state index contributed by atoms with van der Waals surface area (Å²) in [6, 6.07) is 6.64. The van der Waals surface area contributed by atoms with E-state index in [1.165, 1.54) is 31.5 Å². The maximum Gasteiger partial charge on any atom is 0.231 e. The molecule has 1 atom stereocenters. The van der Waals surface area contributed by atoms with Crippen molar-refractivity contribution in [2.45, 2.75) is 39.2 Å². The molecule has 2 heterocycles. The lowest BCUT2D eigenvalue weighted by Gasteiger charge is -2.35. The van der Waals surface area contributed by atoms with Gasteiger partial charge >= 0.3 is 0 Å². The Morgan fingerprint density at radius 1 is 1.23 bits per heavy atom. The van der Waals surface area contributed by atoms with Crippen LogP contribution in [0.15, 0.2) is 23.2 Å². The largest absolute Gasteiger partial charge is 0.454 e. The average molecular weight is 361 g/mol. The van der Waals surface area contributed by atoms with Crippen LogP contribution in [0.25, 0.3) is 0 Å². The van der Waals surface area contributed by atoms with Gasteiger partial charge in [-0.25, -0.2) is 0 Å². The van der Waals surface area contributed by atoms with Crippen LogP contribution >= 0.6 is 0 Å². The first-order valence-corrected chi connectivity index (χ1v) is 9.73. The van der Waals surface area contributed by atoms with Crippen molar-refractivity contribution in [3.05, 3.63) is 23.8 Å². The molecule has 0 spiro atoms. The molecule has 1 aromatic rings. The van der Waals surface area contributed by atoms with E-state index in [2.05, 4.69) is 46.5 Å². The maximum absolute atomic E-state index is 5.43. The molecule has 0 aliphatic carbocycles. The zero-order valence-corrected chi connectivity index (χ0v) is 16.3. The van der Waals surface area contributed by atoms with Crippen LogP contribution in [-0.4, -0.2) is 56.9 Å². The summed E-state index contributed by atoms with van der Waals surface area (Å²) in [5, 5.41) is 6.86. The van der Waals surface area contributed by atoms with E-state index in [-0.39, 0.29) is 0 Å². The summed E-state index contributed by atoms with van der Waals surface area (Å²) in [6.07, 6.45) is 3.54. The highest BCUT2D eigenvalue weighted by atomic mass is 16.7. The summed E-state index contributed by atoms with van der Waals surface area (Å²) in [7, 11) is 1.82. The first kappa shape index (κ1) is 18.8. The highest BCUT2D eigenvalue weighted by molar-refractivity contribution is 5.79. The van der Waals surface area contributed by atoms with Gasteiger partial charge < -0.3 is 20.1 Å². The molecule has 0 saturated carbocycles. The Morgan fingerprint density at radius 2 is 2.00 bits per heavy atom. The lowest BCUT2D eigenvalue weighted by atomic mass is 9.98. The number of likely N-dealkylation sites (tertiary alicyclic amines) is 1. The number of nitrogens with one attached hydrogen (secondary N) is 2. The van der Waals surface area contributed by atoms with Crippen molar-refractivity contribution in [1.29, 1.82) is 0 Å². The van der Waals surface area contributed by atoms with E-state index in [4.69, 9.17) is 9.47 Å². The van der Waals surface area contributed by atoms with Gasteiger partial charge in [0.2, 0.25) is 6.79 Å². The lowest BCUT2D eigenvalue weighted by Crippen LogP contribution is -2.48. The molecule has 1 unspecified atom stereocenters. The van der Waals surface area contributed by atoms with E-state index in [0.29, 0.717) is 12.8 Å². The van der Waals surface area contributed by atoms with Crippen molar-refractivity contribution in [2.75, 3.05) is 40.0 Å². The highest BCUT2D eigenvalue weighted by Crippen LogP contribution is 2.32. The summed E-state index contributed by atoms with van der Waals surface area (Å²) < 4.78 is 10.8. The number of hydrogen-bond donors (Lipinski definition) is 2. The molecule has 0 aromatic heterocycles. The second-order valence-corrected chi connectivity index (χ2v) is 7.39. The topological polar surface area (TPSA) is 58.1 Å². The van der Waals surface area contributed by atoms with Crippen LogP contribution in [0.3, 0.4) is 0 Å². The summed E-state index contributed by atoms with van der Waals surface area (Å²) in [5.41, 5.74) is 1.23. The number of guanidine groups is 1. The summed E-state index contributed by atoms with van der Waals surface area (Å²) >= 11 is 0. The molecule has 26 heavy (non-hydrogen) atoms. The van der Waals surface area contributed by atoms with Gasteiger partial charge in [-0.3, -0.25) is 9.89 Å². The van der Waals surface area contributed by atoms with Gasteiger partial charge in [0.15, 0.2) is 17.5 Å².